The summed E-state index contributed by atoms with van der Waals surface area (Å²) in [5.74, 6) is 0.0186. The Balaban J connectivity index is 2.48. The molecule has 1 rings (SSSR count). The van der Waals surface area contributed by atoms with Gasteiger partial charge >= 0.3 is 0 Å². The number of ether oxygens (including phenoxy) is 1. The van der Waals surface area contributed by atoms with E-state index in [-0.39, 0.29) is 11.9 Å². The normalized spacial score (nSPS) is 32.6. The molecule has 1 aliphatic heterocycles. The van der Waals surface area contributed by atoms with Gasteiger partial charge in [-0.1, -0.05) is 15.9 Å². The van der Waals surface area contributed by atoms with E-state index >= 15 is 0 Å². The largest absolute Gasteiger partial charge is 0.366 e. The molecule has 0 unspecified atom stereocenters. The third kappa shape index (κ3) is 2.57. The van der Waals surface area contributed by atoms with Crippen molar-refractivity contribution in [1.29, 1.82) is 0 Å². The third-order valence-electron chi connectivity index (χ3n) is 1.95. The van der Waals surface area contributed by atoms with Crippen molar-refractivity contribution in [1.82, 2.24) is 0 Å². The molecule has 0 aromatic heterocycles. The molecule has 1 fully saturated rings. The fourth-order valence-electron chi connectivity index (χ4n) is 1.26. The fourth-order valence-corrected chi connectivity index (χ4v) is 2.97. The molecule has 0 aromatic carbocycles. The Hall–Kier alpha value is 0.670. The van der Waals surface area contributed by atoms with Crippen LogP contribution in [0.25, 0.3) is 0 Å². The second kappa shape index (κ2) is 3.59. The summed E-state index contributed by atoms with van der Waals surface area (Å²) in [5.41, 5.74) is 0. The first-order valence-corrected chi connectivity index (χ1v) is 7.59. The Bertz CT molecular complexity index is 177. The molecule has 11 heavy (non-hydrogen) atoms. The van der Waals surface area contributed by atoms with E-state index in [1.807, 2.05) is 0 Å². The Labute approximate surface area is 76.2 Å². The molecular formula is C7H14BrO2P. The summed E-state index contributed by atoms with van der Waals surface area (Å²) in [4.78, 5) is 0. The fraction of sp³-hybridized carbons (Fsp3) is 1.00. The number of hydrogen-bond donors (Lipinski definition) is 0. The molecule has 0 aliphatic carbocycles. The predicted octanol–water partition coefficient (Wildman–Crippen LogP) is 2.51. The standard InChI is InChI=1S/C7H14BrO2P/c1-11(2,9)7-4-3-6(5-8)10-7/h6-7H,3-5H2,1-2H3/t6-,7-/m1/s1. The molecule has 2 nitrogen and oxygen atoms in total. The first kappa shape index (κ1) is 9.76. The van der Waals surface area contributed by atoms with E-state index in [9.17, 15) is 4.57 Å². The van der Waals surface area contributed by atoms with Crippen LogP contribution in [0.5, 0.6) is 0 Å². The molecule has 4 heteroatoms. The van der Waals surface area contributed by atoms with E-state index in [1.165, 1.54) is 0 Å². The van der Waals surface area contributed by atoms with Crippen LogP contribution in [0.1, 0.15) is 12.8 Å². The molecule has 2 atom stereocenters. The van der Waals surface area contributed by atoms with Crippen LogP contribution in [0.3, 0.4) is 0 Å². The molecule has 1 aliphatic rings. The van der Waals surface area contributed by atoms with Gasteiger partial charge in [-0.3, -0.25) is 0 Å². The lowest BCUT2D eigenvalue weighted by Gasteiger charge is -2.15. The lowest BCUT2D eigenvalue weighted by molar-refractivity contribution is 0.103. The number of halogens is 1. The van der Waals surface area contributed by atoms with Crippen molar-refractivity contribution in [3.63, 3.8) is 0 Å². The quantitative estimate of drug-likeness (QED) is 0.548. The molecule has 1 saturated heterocycles. The Morgan fingerprint density at radius 3 is 2.45 bits per heavy atom. The molecule has 66 valence electrons. The SMILES string of the molecule is CP(C)(=O)[C@@H]1CC[C@H](CBr)O1. The summed E-state index contributed by atoms with van der Waals surface area (Å²) in [7, 11) is -2.01. The lowest BCUT2D eigenvalue weighted by atomic mass is 10.3. The average Bonchev–Trinajstić information content (AvgIpc) is 2.32. The van der Waals surface area contributed by atoms with Crippen molar-refractivity contribution in [2.24, 2.45) is 0 Å². The predicted molar refractivity (Wildman–Crippen MR) is 51.1 cm³/mol. The minimum atomic E-state index is -2.01. The highest BCUT2D eigenvalue weighted by molar-refractivity contribution is 9.09. The van der Waals surface area contributed by atoms with Crippen molar-refractivity contribution >= 4 is 23.1 Å². The molecule has 0 bridgehead atoms. The molecule has 0 aromatic rings. The lowest BCUT2D eigenvalue weighted by Crippen LogP contribution is -2.11. The summed E-state index contributed by atoms with van der Waals surface area (Å²) < 4.78 is 17.1. The van der Waals surface area contributed by atoms with Crippen LogP contribution in [-0.2, 0) is 9.30 Å². The molecule has 0 radical (unpaired) electrons. The topological polar surface area (TPSA) is 26.3 Å². The molecule has 0 saturated carbocycles. The minimum absolute atomic E-state index is 0.0186. The smallest absolute Gasteiger partial charge is 0.110 e. The maximum atomic E-state index is 11.5. The van der Waals surface area contributed by atoms with Gasteiger partial charge in [-0.2, -0.15) is 0 Å². The zero-order valence-electron chi connectivity index (χ0n) is 6.92. The average molecular weight is 241 g/mol. The molecule has 0 N–H and O–H groups in total. The van der Waals surface area contributed by atoms with Crippen molar-refractivity contribution in [2.75, 3.05) is 18.7 Å². The van der Waals surface area contributed by atoms with Crippen LogP contribution in [0.2, 0.25) is 0 Å². The zero-order valence-corrected chi connectivity index (χ0v) is 9.40. The van der Waals surface area contributed by atoms with Gasteiger partial charge in [-0.05, 0) is 26.2 Å². The molecule has 0 amide bonds. The summed E-state index contributed by atoms with van der Waals surface area (Å²) in [6.07, 6.45) is 2.29. The summed E-state index contributed by atoms with van der Waals surface area (Å²) in [6.45, 7) is 3.60. The minimum Gasteiger partial charge on any atom is -0.366 e. The van der Waals surface area contributed by atoms with Crippen molar-refractivity contribution < 1.29 is 9.30 Å². The zero-order chi connectivity index (χ0) is 8.48. The first-order chi connectivity index (χ1) is 5.04. The van der Waals surface area contributed by atoms with Gasteiger partial charge in [0.2, 0.25) is 0 Å². The second-order valence-electron chi connectivity index (χ2n) is 3.38. The van der Waals surface area contributed by atoms with Crippen molar-refractivity contribution in [3.8, 4) is 0 Å². The van der Waals surface area contributed by atoms with Gasteiger partial charge in [-0.25, -0.2) is 0 Å². The first-order valence-electron chi connectivity index (χ1n) is 3.80. The summed E-state index contributed by atoms with van der Waals surface area (Å²) >= 11 is 3.36. The van der Waals surface area contributed by atoms with Gasteiger partial charge in [0.25, 0.3) is 0 Å². The molecule has 0 spiro atoms. The van der Waals surface area contributed by atoms with Gasteiger partial charge in [0.1, 0.15) is 13.0 Å². The van der Waals surface area contributed by atoms with E-state index in [0.29, 0.717) is 0 Å². The Kier molecular flexibility index (Phi) is 3.18. The van der Waals surface area contributed by atoms with E-state index in [0.717, 1.165) is 18.2 Å². The number of hydrogen-bond acceptors (Lipinski definition) is 2. The van der Waals surface area contributed by atoms with Gasteiger partial charge in [0, 0.05) is 5.33 Å². The van der Waals surface area contributed by atoms with Gasteiger partial charge in [0.05, 0.1) is 6.10 Å². The van der Waals surface area contributed by atoms with Crippen molar-refractivity contribution in [3.05, 3.63) is 0 Å². The highest BCUT2D eigenvalue weighted by Gasteiger charge is 2.32. The van der Waals surface area contributed by atoms with E-state index in [2.05, 4.69) is 15.9 Å². The highest BCUT2D eigenvalue weighted by atomic mass is 79.9. The van der Waals surface area contributed by atoms with Gasteiger partial charge in [-0.15, -0.1) is 0 Å². The third-order valence-corrected chi connectivity index (χ3v) is 4.44. The molecular weight excluding hydrogens is 227 g/mol. The van der Waals surface area contributed by atoms with Crippen molar-refractivity contribution in [2.45, 2.75) is 24.8 Å². The van der Waals surface area contributed by atoms with Gasteiger partial charge in [0.15, 0.2) is 0 Å². The maximum Gasteiger partial charge on any atom is 0.110 e. The van der Waals surface area contributed by atoms with E-state index < -0.39 is 7.14 Å². The van der Waals surface area contributed by atoms with Crippen LogP contribution in [0, 0.1) is 0 Å². The van der Waals surface area contributed by atoms with Crippen LogP contribution < -0.4 is 0 Å². The number of alkyl halides is 1. The summed E-state index contributed by atoms with van der Waals surface area (Å²) in [5, 5.41) is 0.865. The maximum absolute atomic E-state index is 11.5. The van der Waals surface area contributed by atoms with Crippen LogP contribution in [0.15, 0.2) is 0 Å². The van der Waals surface area contributed by atoms with Gasteiger partial charge < -0.3 is 9.30 Å². The number of rotatable bonds is 2. The van der Waals surface area contributed by atoms with E-state index in [1.54, 1.807) is 13.3 Å². The van der Waals surface area contributed by atoms with Crippen LogP contribution >= 0.6 is 23.1 Å². The highest BCUT2D eigenvalue weighted by Crippen LogP contribution is 2.48. The second-order valence-corrected chi connectivity index (χ2v) is 7.47. The van der Waals surface area contributed by atoms with E-state index in [4.69, 9.17) is 4.74 Å². The Morgan fingerprint density at radius 2 is 2.18 bits per heavy atom. The molecule has 1 heterocycles. The summed E-state index contributed by atoms with van der Waals surface area (Å²) in [6, 6.07) is 0. The monoisotopic (exact) mass is 240 g/mol. The van der Waals surface area contributed by atoms with Crippen LogP contribution in [0.4, 0.5) is 0 Å². The Morgan fingerprint density at radius 1 is 1.55 bits per heavy atom. The van der Waals surface area contributed by atoms with Crippen LogP contribution in [-0.4, -0.2) is 30.6 Å².